The van der Waals surface area contributed by atoms with Gasteiger partial charge in [0.2, 0.25) is 5.91 Å². The Morgan fingerprint density at radius 1 is 1.10 bits per heavy atom. The lowest BCUT2D eigenvalue weighted by Crippen LogP contribution is -2.58. The van der Waals surface area contributed by atoms with Gasteiger partial charge in [0.05, 0.1) is 12.1 Å². The molecule has 0 aromatic heterocycles. The summed E-state index contributed by atoms with van der Waals surface area (Å²) < 4.78 is 5.66. The lowest BCUT2D eigenvalue weighted by atomic mass is 9.95. The number of hydrogen-bond acceptors (Lipinski definition) is 4. The first kappa shape index (κ1) is 22.4. The number of piperazine rings is 1. The predicted molar refractivity (Wildman–Crippen MR) is 121 cm³/mol. The molecule has 1 aromatic rings. The Hall–Kier alpha value is -1.83. The Morgan fingerprint density at radius 3 is 2.55 bits per heavy atom. The largest absolute Gasteiger partial charge is 0.376 e. The maximum atomic E-state index is 13.2. The standard InChI is InChI=1S/C23H33ClN4O3/c24-18-7-3-8-19(15-18)26-23(30)28-12-10-27(11-13-28)21(17-5-1-2-6-17)22(29)25-16-20-9-4-14-31-20/h3,7-8,15,17,20-21H,1-2,4-6,9-14,16H2,(H,25,29)(H,26,30)/t20-,21+/m1/s1. The number of ether oxygens (including phenoxy) is 1. The number of amides is 3. The lowest BCUT2D eigenvalue weighted by molar-refractivity contribution is -0.129. The van der Waals surface area contributed by atoms with E-state index in [1.54, 1.807) is 12.1 Å². The van der Waals surface area contributed by atoms with E-state index < -0.39 is 0 Å². The van der Waals surface area contributed by atoms with Gasteiger partial charge >= 0.3 is 6.03 Å². The van der Waals surface area contributed by atoms with Crippen LogP contribution in [-0.4, -0.2) is 73.2 Å². The number of hydrogen-bond donors (Lipinski definition) is 2. The summed E-state index contributed by atoms with van der Waals surface area (Å²) in [6.45, 7) is 4.02. The van der Waals surface area contributed by atoms with Gasteiger partial charge in [0, 0.05) is 50.0 Å². The number of halogens is 1. The molecule has 0 spiro atoms. The fourth-order valence-electron chi connectivity index (χ4n) is 5.05. The van der Waals surface area contributed by atoms with E-state index in [2.05, 4.69) is 15.5 Å². The van der Waals surface area contributed by atoms with Crippen molar-refractivity contribution in [3.8, 4) is 0 Å². The Labute approximate surface area is 189 Å². The zero-order valence-corrected chi connectivity index (χ0v) is 18.8. The molecule has 0 radical (unpaired) electrons. The maximum absolute atomic E-state index is 13.2. The van der Waals surface area contributed by atoms with Gasteiger partial charge in [0.1, 0.15) is 0 Å². The van der Waals surface area contributed by atoms with Crippen molar-refractivity contribution in [2.45, 2.75) is 50.7 Å². The fourth-order valence-corrected chi connectivity index (χ4v) is 5.24. The molecule has 170 valence electrons. The van der Waals surface area contributed by atoms with Crippen LogP contribution in [0.3, 0.4) is 0 Å². The maximum Gasteiger partial charge on any atom is 0.321 e. The number of benzene rings is 1. The summed E-state index contributed by atoms with van der Waals surface area (Å²) in [6, 6.07) is 6.93. The molecular formula is C23H33ClN4O3. The molecule has 3 aliphatic rings. The molecule has 8 heteroatoms. The van der Waals surface area contributed by atoms with E-state index in [0.29, 0.717) is 49.4 Å². The number of nitrogens with zero attached hydrogens (tertiary/aromatic N) is 2. The van der Waals surface area contributed by atoms with Gasteiger partial charge in [-0.3, -0.25) is 9.69 Å². The van der Waals surface area contributed by atoms with Crippen LogP contribution in [0.2, 0.25) is 5.02 Å². The molecule has 3 fully saturated rings. The van der Waals surface area contributed by atoms with Crippen molar-refractivity contribution >= 4 is 29.2 Å². The fraction of sp³-hybridized carbons (Fsp3) is 0.652. The third-order valence-electron chi connectivity index (χ3n) is 6.71. The zero-order chi connectivity index (χ0) is 21.6. The topological polar surface area (TPSA) is 73.9 Å². The van der Waals surface area contributed by atoms with Crippen LogP contribution in [0.15, 0.2) is 24.3 Å². The Balaban J connectivity index is 1.32. The number of rotatable bonds is 6. The van der Waals surface area contributed by atoms with E-state index in [1.165, 1.54) is 12.8 Å². The molecule has 7 nitrogen and oxygen atoms in total. The van der Waals surface area contributed by atoms with Gasteiger partial charge in [-0.2, -0.15) is 0 Å². The minimum Gasteiger partial charge on any atom is -0.376 e. The molecular weight excluding hydrogens is 416 g/mol. The van der Waals surface area contributed by atoms with Gasteiger partial charge in [0.25, 0.3) is 0 Å². The molecule has 2 N–H and O–H groups in total. The highest BCUT2D eigenvalue weighted by molar-refractivity contribution is 6.30. The Kier molecular flexibility index (Phi) is 7.69. The minimum atomic E-state index is -0.123. The van der Waals surface area contributed by atoms with E-state index in [-0.39, 0.29) is 24.1 Å². The molecule has 2 aliphatic heterocycles. The highest BCUT2D eigenvalue weighted by Gasteiger charge is 2.37. The predicted octanol–water partition coefficient (Wildman–Crippen LogP) is 3.34. The second-order valence-corrected chi connectivity index (χ2v) is 9.27. The van der Waals surface area contributed by atoms with Crippen LogP contribution in [0.5, 0.6) is 0 Å². The van der Waals surface area contributed by atoms with Crippen molar-refractivity contribution in [1.29, 1.82) is 0 Å². The van der Waals surface area contributed by atoms with Crippen molar-refractivity contribution in [2.75, 3.05) is 44.6 Å². The van der Waals surface area contributed by atoms with Crippen molar-refractivity contribution in [2.24, 2.45) is 5.92 Å². The molecule has 1 aliphatic carbocycles. The average Bonchev–Trinajstić information content (AvgIpc) is 3.47. The first-order valence-corrected chi connectivity index (χ1v) is 11.9. The second kappa shape index (κ2) is 10.7. The summed E-state index contributed by atoms with van der Waals surface area (Å²) in [5.74, 6) is 0.524. The molecule has 2 saturated heterocycles. The van der Waals surface area contributed by atoms with Crippen molar-refractivity contribution in [3.05, 3.63) is 29.3 Å². The van der Waals surface area contributed by atoms with Gasteiger partial charge in [-0.25, -0.2) is 4.79 Å². The van der Waals surface area contributed by atoms with Gasteiger partial charge in [0.15, 0.2) is 0 Å². The summed E-state index contributed by atoms with van der Waals surface area (Å²) in [5.41, 5.74) is 0.692. The van der Waals surface area contributed by atoms with Gasteiger partial charge in [-0.05, 0) is 49.8 Å². The van der Waals surface area contributed by atoms with Crippen LogP contribution in [0.4, 0.5) is 10.5 Å². The first-order chi connectivity index (χ1) is 15.1. The molecule has 1 saturated carbocycles. The summed E-state index contributed by atoms with van der Waals surface area (Å²) in [6.07, 6.45) is 6.85. The van der Waals surface area contributed by atoms with E-state index in [4.69, 9.17) is 16.3 Å². The number of carbonyl (C=O) groups is 2. The Bertz CT molecular complexity index is 757. The smallest absolute Gasteiger partial charge is 0.321 e. The summed E-state index contributed by atoms with van der Waals surface area (Å²) in [7, 11) is 0. The summed E-state index contributed by atoms with van der Waals surface area (Å²) >= 11 is 6.01. The van der Waals surface area contributed by atoms with Crippen LogP contribution >= 0.6 is 11.6 Å². The molecule has 1 aromatic carbocycles. The monoisotopic (exact) mass is 448 g/mol. The minimum absolute atomic E-state index is 0.109. The van der Waals surface area contributed by atoms with Gasteiger partial charge in [-0.1, -0.05) is 30.5 Å². The first-order valence-electron chi connectivity index (χ1n) is 11.5. The van der Waals surface area contributed by atoms with Crippen molar-refractivity contribution < 1.29 is 14.3 Å². The highest BCUT2D eigenvalue weighted by atomic mass is 35.5. The highest BCUT2D eigenvalue weighted by Crippen LogP contribution is 2.31. The summed E-state index contributed by atoms with van der Waals surface area (Å²) in [5, 5.41) is 6.67. The third kappa shape index (κ3) is 5.90. The van der Waals surface area contributed by atoms with Crippen LogP contribution in [0.1, 0.15) is 38.5 Å². The van der Waals surface area contributed by atoms with Crippen LogP contribution in [-0.2, 0) is 9.53 Å². The van der Waals surface area contributed by atoms with Crippen LogP contribution in [0, 0.1) is 5.92 Å². The number of carbonyl (C=O) groups excluding carboxylic acids is 2. The van der Waals surface area contributed by atoms with Crippen LogP contribution < -0.4 is 10.6 Å². The number of nitrogens with one attached hydrogen (secondary N) is 2. The lowest BCUT2D eigenvalue weighted by Gasteiger charge is -2.40. The molecule has 0 unspecified atom stereocenters. The zero-order valence-electron chi connectivity index (χ0n) is 18.0. The second-order valence-electron chi connectivity index (χ2n) is 8.83. The van der Waals surface area contributed by atoms with E-state index in [1.807, 2.05) is 17.0 Å². The van der Waals surface area contributed by atoms with E-state index in [9.17, 15) is 9.59 Å². The summed E-state index contributed by atoms with van der Waals surface area (Å²) in [4.78, 5) is 29.9. The molecule has 2 heterocycles. The average molecular weight is 449 g/mol. The SMILES string of the molecule is O=C(NC[C@H]1CCCO1)[C@H](C1CCCC1)N1CCN(C(=O)Nc2cccc(Cl)c2)CC1. The van der Waals surface area contributed by atoms with Crippen molar-refractivity contribution in [1.82, 2.24) is 15.1 Å². The van der Waals surface area contributed by atoms with E-state index >= 15 is 0 Å². The third-order valence-corrected chi connectivity index (χ3v) is 6.95. The molecule has 4 rings (SSSR count). The van der Waals surface area contributed by atoms with Gasteiger partial charge in [-0.15, -0.1) is 0 Å². The normalized spacial score (nSPS) is 23.6. The van der Waals surface area contributed by atoms with Crippen LogP contribution in [0.25, 0.3) is 0 Å². The molecule has 3 amide bonds. The Morgan fingerprint density at radius 2 is 1.87 bits per heavy atom. The van der Waals surface area contributed by atoms with Gasteiger partial charge < -0.3 is 20.3 Å². The van der Waals surface area contributed by atoms with E-state index in [0.717, 1.165) is 32.3 Å². The van der Waals surface area contributed by atoms with Crippen molar-refractivity contribution in [3.63, 3.8) is 0 Å². The number of urea groups is 1. The molecule has 2 atom stereocenters. The number of anilines is 1. The molecule has 0 bridgehead atoms. The quantitative estimate of drug-likeness (QED) is 0.700. The molecule has 31 heavy (non-hydrogen) atoms.